The molecule has 3 heteroatoms. The van der Waals surface area contributed by atoms with Gasteiger partial charge in [0.25, 0.3) is 0 Å². The van der Waals surface area contributed by atoms with Crippen LogP contribution >= 0.6 is 11.8 Å². The van der Waals surface area contributed by atoms with Gasteiger partial charge >= 0.3 is 0 Å². The molecule has 1 heterocycles. The minimum Gasteiger partial charge on any atom is -0.328 e. The third-order valence-electron chi connectivity index (χ3n) is 2.33. The average Bonchev–Trinajstić information content (AvgIpc) is 2.06. The number of hydrogen-bond donors (Lipinski definition) is 1. The van der Waals surface area contributed by atoms with Gasteiger partial charge in [-0.05, 0) is 25.2 Å². The number of rotatable bonds is 2. The fraction of sp³-hybridized carbons (Fsp3) is 0.667. The molecule has 0 spiro atoms. The number of nitrogens with one attached hydrogen (secondary N) is 1. The molecular formula is C9H15NOS. The molecule has 0 aromatic rings. The maximum Gasteiger partial charge on any atom is 0.240 e. The van der Waals surface area contributed by atoms with Crippen molar-refractivity contribution in [3.63, 3.8) is 0 Å². The summed E-state index contributed by atoms with van der Waals surface area (Å²) in [6, 6.07) is 0. The second-order valence-electron chi connectivity index (χ2n) is 3.07. The number of carbonyl (C=O) groups excluding carboxylic acids is 1. The van der Waals surface area contributed by atoms with Gasteiger partial charge in [0.15, 0.2) is 0 Å². The predicted octanol–water partition coefficient (Wildman–Crippen LogP) is 2.27. The molecule has 68 valence electrons. The SMILES string of the molecule is CCC1(CC)SC=C(C)NC1=O. The van der Waals surface area contributed by atoms with Crippen LogP contribution in [0, 0.1) is 0 Å². The summed E-state index contributed by atoms with van der Waals surface area (Å²) in [5.41, 5.74) is 0.961. The molecule has 0 aromatic carbocycles. The van der Waals surface area contributed by atoms with Gasteiger partial charge in [-0.2, -0.15) is 0 Å². The normalized spacial score (nSPS) is 21.6. The lowest BCUT2D eigenvalue weighted by atomic mass is 10.0. The smallest absolute Gasteiger partial charge is 0.240 e. The summed E-state index contributed by atoms with van der Waals surface area (Å²) in [5.74, 6) is 0.164. The maximum absolute atomic E-state index is 11.6. The quantitative estimate of drug-likeness (QED) is 0.715. The number of hydrogen-bond acceptors (Lipinski definition) is 2. The van der Waals surface area contributed by atoms with Gasteiger partial charge in [-0.15, -0.1) is 11.8 Å². The zero-order valence-corrected chi connectivity index (χ0v) is 8.62. The van der Waals surface area contributed by atoms with E-state index in [0.717, 1.165) is 18.5 Å². The van der Waals surface area contributed by atoms with Crippen molar-refractivity contribution in [2.45, 2.75) is 38.4 Å². The first-order valence-electron chi connectivity index (χ1n) is 4.30. The Balaban J connectivity index is 2.85. The van der Waals surface area contributed by atoms with E-state index in [9.17, 15) is 4.79 Å². The molecule has 0 unspecified atom stereocenters. The van der Waals surface area contributed by atoms with Crippen molar-refractivity contribution in [1.82, 2.24) is 5.32 Å². The first-order valence-corrected chi connectivity index (χ1v) is 5.18. The Hall–Kier alpha value is -0.440. The van der Waals surface area contributed by atoms with Gasteiger partial charge < -0.3 is 5.32 Å². The fourth-order valence-electron chi connectivity index (χ4n) is 1.31. The zero-order chi connectivity index (χ0) is 9.19. The van der Waals surface area contributed by atoms with Crippen molar-refractivity contribution in [3.8, 4) is 0 Å². The van der Waals surface area contributed by atoms with Crippen molar-refractivity contribution < 1.29 is 4.79 Å². The lowest BCUT2D eigenvalue weighted by Crippen LogP contribution is -2.44. The number of thioether (sulfide) groups is 1. The van der Waals surface area contributed by atoms with Crippen molar-refractivity contribution in [2.75, 3.05) is 0 Å². The highest BCUT2D eigenvalue weighted by molar-refractivity contribution is 8.04. The van der Waals surface area contributed by atoms with Gasteiger partial charge in [0.05, 0.1) is 4.75 Å². The van der Waals surface area contributed by atoms with Crippen LogP contribution in [0.4, 0.5) is 0 Å². The summed E-state index contributed by atoms with van der Waals surface area (Å²) >= 11 is 1.65. The van der Waals surface area contributed by atoms with Gasteiger partial charge in [-0.25, -0.2) is 0 Å². The fourth-order valence-corrected chi connectivity index (χ4v) is 2.27. The van der Waals surface area contributed by atoms with E-state index in [4.69, 9.17) is 0 Å². The van der Waals surface area contributed by atoms with E-state index in [2.05, 4.69) is 19.2 Å². The molecular weight excluding hydrogens is 170 g/mol. The molecule has 0 atom stereocenters. The Morgan fingerprint density at radius 3 is 2.50 bits per heavy atom. The summed E-state index contributed by atoms with van der Waals surface area (Å²) < 4.78 is -0.209. The van der Waals surface area contributed by atoms with Crippen LogP contribution in [0.2, 0.25) is 0 Å². The van der Waals surface area contributed by atoms with Crippen LogP contribution in [0.1, 0.15) is 33.6 Å². The number of amides is 1. The highest BCUT2D eigenvalue weighted by Gasteiger charge is 2.37. The molecule has 1 rings (SSSR count). The van der Waals surface area contributed by atoms with E-state index in [1.807, 2.05) is 12.3 Å². The number of carbonyl (C=O) groups is 1. The van der Waals surface area contributed by atoms with Crippen LogP contribution in [0.25, 0.3) is 0 Å². The minimum atomic E-state index is -0.209. The first kappa shape index (κ1) is 9.65. The Morgan fingerprint density at radius 1 is 1.50 bits per heavy atom. The molecule has 1 amide bonds. The minimum absolute atomic E-state index is 0.164. The maximum atomic E-state index is 11.6. The van der Waals surface area contributed by atoms with E-state index in [0.29, 0.717) is 0 Å². The van der Waals surface area contributed by atoms with Gasteiger partial charge in [-0.1, -0.05) is 13.8 Å². The Kier molecular flexibility index (Phi) is 2.83. The van der Waals surface area contributed by atoms with Gasteiger partial charge in [0.2, 0.25) is 5.91 Å². The molecule has 1 aliphatic rings. The molecule has 0 radical (unpaired) electrons. The summed E-state index contributed by atoms with van der Waals surface area (Å²) in [4.78, 5) is 11.6. The predicted molar refractivity (Wildman–Crippen MR) is 52.8 cm³/mol. The molecule has 2 nitrogen and oxygen atoms in total. The lowest BCUT2D eigenvalue weighted by molar-refractivity contribution is -0.123. The average molecular weight is 185 g/mol. The molecule has 0 fully saturated rings. The van der Waals surface area contributed by atoms with Gasteiger partial charge in [0, 0.05) is 5.70 Å². The highest BCUT2D eigenvalue weighted by atomic mass is 32.2. The van der Waals surface area contributed by atoms with Crippen molar-refractivity contribution in [3.05, 3.63) is 11.1 Å². The van der Waals surface area contributed by atoms with Gasteiger partial charge in [0.1, 0.15) is 0 Å². The second-order valence-corrected chi connectivity index (χ2v) is 4.33. The summed E-state index contributed by atoms with van der Waals surface area (Å²) in [5, 5.41) is 4.91. The molecule has 1 N–H and O–H groups in total. The standard InChI is InChI=1S/C9H15NOS/c1-4-9(5-2)8(11)10-7(3)6-12-9/h6H,4-5H2,1-3H3,(H,10,11). The van der Waals surface area contributed by atoms with Crippen LogP contribution in [-0.4, -0.2) is 10.7 Å². The van der Waals surface area contributed by atoms with Crippen LogP contribution in [-0.2, 0) is 4.79 Å². The molecule has 1 aliphatic heterocycles. The lowest BCUT2D eigenvalue weighted by Gasteiger charge is -2.31. The Bertz CT molecular complexity index is 219. The van der Waals surface area contributed by atoms with Crippen molar-refractivity contribution >= 4 is 17.7 Å². The largest absolute Gasteiger partial charge is 0.328 e. The highest BCUT2D eigenvalue weighted by Crippen LogP contribution is 2.36. The Labute approximate surface area is 77.8 Å². The second kappa shape index (κ2) is 3.52. The van der Waals surface area contributed by atoms with Crippen molar-refractivity contribution in [1.29, 1.82) is 0 Å². The van der Waals surface area contributed by atoms with Crippen LogP contribution in [0.3, 0.4) is 0 Å². The first-order chi connectivity index (χ1) is 5.64. The molecule has 0 saturated carbocycles. The topological polar surface area (TPSA) is 29.1 Å². The van der Waals surface area contributed by atoms with E-state index in [-0.39, 0.29) is 10.7 Å². The van der Waals surface area contributed by atoms with Gasteiger partial charge in [-0.3, -0.25) is 4.79 Å². The van der Waals surface area contributed by atoms with Crippen LogP contribution in [0.5, 0.6) is 0 Å². The molecule has 0 aliphatic carbocycles. The molecule has 12 heavy (non-hydrogen) atoms. The van der Waals surface area contributed by atoms with Crippen LogP contribution in [0.15, 0.2) is 11.1 Å². The van der Waals surface area contributed by atoms with E-state index in [1.165, 1.54) is 0 Å². The molecule has 0 aromatic heterocycles. The third kappa shape index (κ3) is 1.51. The Morgan fingerprint density at radius 2 is 2.08 bits per heavy atom. The molecule has 0 saturated heterocycles. The van der Waals surface area contributed by atoms with Crippen LogP contribution < -0.4 is 5.32 Å². The summed E-state index contributed by atoms with van der Waals surface area (Å²) in [6.07, 6.45) is 1.79. The summed E-state index contributed by atoms with van der Waals surface area (Å²) in [6.45, 7) is 6.04. The third-order valence-corrected chi connectivity index (χ3v) is 4.01. The monoisotopic (exact) mass is 185 g/mol. The van der Waals surface area contributed by atoms with E-state index < -0.39 is 0 Å². The van der Waals surface area contributed by atoms with Crippen molar-refractivity contribution in [2.24, 2.45) is 0 Å². The molecule has 0 bridgehead atoms. The zero-order valence-electron chi connectivity index (χ0n) is 7.81. The van der Waals surface area contributed by atoms with E-state index >= 15 is 0 Å². The number of allylic oxidation sites excluding steroid dienone is 1. The van der Waals surface area contributed by atoms with E-state index in [1.54, 1.807) is 11.8 Å². The summed E-state index contributed by atoms with van der Waals surface area (Å²) in [7, 11) is 0.